The van der Waals surface area contributed by atoms with Crippen molar-refractivity contribution < 1.29 is 24.2 Å². The molecular formula is C17H18N2O5. The maximum atomic E-state index is 12.6. The number of nitrogens with zero attached hydrogens (tertiary/aromatic N) is 2. The second-order valence-corrected chi connectivity index (χ2v) is 6.13. The van der Waals surface area contributed by atoms with Crippen molar-refractivity contribution in [2.75, 3.05) is 19.8 Å². The molecule has 1 atom stereocenters. The minimum Gasteiger partial charge on any atom is -0.507 e. The van der Waals surface area contributed by atoms with Gasteiger partial charge >= 0.3 is 0 Å². The molecule has 1 unspecified atom stereocenters. The standard InChI is InChI=1S/C17H18N2O5/c20-12-2-1-3-13(21)15(12)17(22)19-6-4-14-11(8-19)18-16(24-14)10-5-7-23-9-10/h1-3,10,20-21H,4-9H2. The Labute approximate surface area is 138 Å². The molecule has 0 aliphatic carbocycles. The third-order valence-corrected chi connectivity index (χ3v) is 4.54. The lowest BCUT2D eigenvalue weighted by Crippen LogP contribution is -2.35. The van der Waals surface area contributed by atoms with Gasteiger partial charge in [0.2, 0.25) is 0 Å². The Morgan fingerprint density at radius 1 is 1.29 bits per heavy atom. The molecule has 0 radical (unpaired) electrons. The van der Waals surface area contributed by atoms with Gasteiger partial charge in [-0.25, -0.2) is 4.98 Å². The molecular weight excluding hydrogens is 312 g/mol. The van der Waals surface area contributed by atoms with E-state index in [4.69, 9.17) is 9.15 Å². The van der Waals surface area contributed by atoms with Crippen LogP contribution in [0.2, 0.25) is 0 Å². The summed E-state index contributed by atoms with van der Waals surface area (Å²) >= 11 is 0. The molecule has 7 heteroatoms. The number of fused-ring (bicyclic) bond motifs is 1. The second kappa shape index (κ2) is 5.83. The molecule has 1 fully saturated rings. The molecule has 126 valence electrons. The fourth-order valence-electron chi connectivity index (χ4n) is 3.20. The van der Waals surface area contributed by atoms with Gasteiger partial charge in [-0.1, -0.05) is 6.07 Å². The third kappa shape index (κ3) is 2.50. The summed E-state index contributed by atoms with van der Waals surface area (Å²) in [7, 11) is 0. The number of hydrogen-bond acceptors (Lipinski definition) is 6. The van der Waals surface area contributed by atoms with Gasteiger partial charge in [0.05, 0.1) is 19.1 Å². The summed E-state index contributed by atoms with van der Waals surface area (Å²) in [5.74, 6) is 0.802. The van der Waals surface area contributed by atoms with Gasteiger partial charge in [-0.2, -0.15) is 0 Å². The maximum Gasteiger partial charge on any atom is 0.261 e. The number of aromatic nitrogens is 1. The fraction of sp³-hybridized carbons (Fsp3) is 0.412. The molecule has 3 heterocycles. The van der Waals surface area contributed by atoms with Crippen LogP contribution in [0.25, 0.3) is 0 Å². The number of carbonyl (C=O) groups excluding carboxylic acids is 1. The van der Waals surface area contributed by atoms with Crippen molar-refractivity contribution in [2.45, 2.75) is 25.3 Å². The van der Waals surface area contributed by atoms with Crippen LogP contribution in [0.5, 0.6) is 11.5 Å². The molecule has 0 bridgehead atoms. The number of carbonyl (C=O) groups is 1. The number of oxazole rings is 1. The minimum absolute atomic E-state index is 0.0751. The third-order valence-electron chi connectivity index (χ3n) is 4.54. The highest BCUT2D eigenvalue weighted by Crippen LogP contribution is 2.32. The van der Waals surface area contributed by atoms with Crippen molar-refractivity contribution in [1.82, 2.24) is 9.88 Å². The average molecular weight is 330 g/mol. The van der Waals surface area contributed by atoms with Crippen molar-refractivity contribution in [2.24, 2.45) is 0 Å². The topological polar surface area (TPSA) is 96.0 Å². The van der Waals surface area contributed by atoms with Crippen molar-refractivity contribution in [1.29, 1.82) is 0 Å². The van der Waals surface area contributed by atoms with E-state index in [2.05, 4.69) is 4.98 Å². The van der Waals surface area contributed by atoms with Crippen LogP contribution in [-0.2, 0) is 17.7 Å². The van der Waals surface area contributed by atoms with E-state index in [0.717, 1.165) is 24.5 Å². The number of hydrogen-bond donors (Lipinski definition) is 2. The fourth-order valence-corrected chi connectivity index (χ4v) is 3.20. The first kappa shape index (κ1) is 15.0. The van der Waals surface area contributed by atoms with E-state index in [1.165, 1.54) is 18.2 Å². The SMILES string of the molecule is O=C(c1c(O)cccc1O)N1CCc2oc(C3CCOC3)nc2C1. The van der Waals surface area contributed by atoms with Crippen molar-refractivity contribution in [3.05, 3.63) is 41.1 Å². The van der Waals surface area contributed by atoms with Gasteiger partial charge in [0.1, 0.15) is 28.5 Å². The quantitative estimate of drug-likeness (QED) is 0.871. The zero-order valence-electron chi connectivity index (χ0n) is 13.1. The highest BCUT2D eigenvalue weighted by Gasteiger charge is 2.31. The highest BCUT2D eigenvalue weighted by atomic mass is 16.5. The Kier molecular flexibility index (Phi) is 3.65. The summed E-state index contributed by atoms with van der Waals surface area (Å²) in [5.41, 5.74) is 0.667. The molecule has 1 saturated heterocycles. The van der Waals surface area contributed by atoms with Crippen LogP contribution in [0.3, 0.4) is 0 Å². The van der Waals surface area contributed by atoms with E-state index < -0.39 is 5.91 Å². The zero-order chi connectivity index (χ0) is 16.7. The number of ether oxygens (including phenoxy) is 1. The second-order valence-electron chi connectivity index (χ2n) is 6.13. The Hall–Kier alpha value is -2.54. The lowest BCUT2D eigenvalue weighted by atomic mass is 10.1. The maximum absolute atomic E-state index is 12.6. The van der Waals surface area contributed by atoms with Crippen LogP contribution < -0.4 is 0 Å². The van der Waals surface area contributed by atoms with Gasteiger partial charge in [0, 0.05) is 19.6 Å². The van der Waals surface area contributed by atoms with Crippen LogP contribution >= 0.6 is 0 Å². The number of amides is 1. The van der Waals surface area contributed by atoms with Crippen LogP contribution in [0.4, 0.5) is 0 Å². The van der Waals surface area contributed by atoms with Crippen molar-refractivity contribution in [3.63, 3.8) is 0 Å². The Bertz CT molecular complexity index is 759. The molecule has 2 aliphatic rings. The molecule has 2 aromatic rings. The molecule has 24 heavy (non-hydrogen) atoms. The molecule has 2 aliphatic heterocycles. The number of benzene rings is 1. The summed E-state index contributed by atoms with van der Waals surface area (Å²) in [6.07, 6.45) is 1.46. The van der Waals surface area contributed by atoms with Gasteiger partial charge in [0.15, 0.2) is 5.89 Å². The summed E-state index contributed by atoms with van der Waals surface area (Å²) in [6, 6.07) is 4.26. The normalized spacial score (nSPS) is 20.2. The summed E-state index contributed by atoms with van der Waals surface area (Å²) < 4.78 is 11.2. The first-order chi connectivity index (χ1) is 11.6. The van der Waals surface area contributed by atoms with Gasteiger partial charge < -0.3 is 24.3 Å². The largest absolute Gasteiger partial charge is 0.507 e. The first-order valence-corrected chi connectivity index (χ1v) is 8.00. The molecule has 0 saturated carbocycles. The Morgan fingerprint density at radius 2 is 2.08 bits per heavy atom. The molecule has 2 N–H and O–H groups in total. The number of phenolic OH excluding ortho intramolecular Hbond substituents is 2. The molecule has 1 aromatic carbocycles. The van der Waals surface area contributed by atoms with Gasteiger partial charge in [-0.3, -0.25) is 4.79 Å². The summed E-state index contributed by atoms with van der Waals surface area (Å²) in [6.45, 7) is 2.09. The lowest BCUT2D eigenvalue weighted by molar-refractivity contribution is 0.0721. The van der Waals surface area contributed by atoms with E-state index in [1.807, 2.05) is 0 Å². The molecule has 4 rings (SSSR count). The molecule has 1 amide bonds. The first-order valence-electron chi connectivity index (χ1n) is 8.00. The number of phenols is 2. The highest BCUT2D eigenvalue weighted by molar-refractivity contribution is 5.99. The van der Waals surface area contributed by atoms with E-state index in [0.29, 0.717) is 32.0 Å². The molecule has 7 nitrogen and oxygen atoms in total. The zero-order valence-corrected chi connectivity index (χ0v) is 13.1. The minimum atomic E-state index is -0.412. The summed E-state index contributed by atoms with van der Waals surface area (Å²) in [5, 5.41) is 19.8. The van der Waals surface area contributed by atoms with Crippen LogP contribution in [-0.4, -0.2) is 45.8 Å². The number of rotatable bonds is 2. The van der Waals surface area contributed by atoms with E-state index in [-0.39, 0.29) is 23.0 Å². The monoisotopic (exact) mass is 330 g/mol. The molecule has 0 spiro atoms. The van der Waals surface area contributed by atoms with Crippen LogP contribution in [0.1, 0.15) is 40.0 Å². The Morgan fingerprint density at radius 3 is 2.79 bits per heavy atom. The van der Waals surface area contributed by atoms with Crippen molar-refractivity contribution in [3.8, 4) is 11.5 Å². The number of aromatic hydroxyl groups is 2. The molecule has 1 aromatic heterocycles. The van der Waals surface area contributed by atoms with Crippen molar-refractivity contribution >= 4 is 5.91 Å². The van der Waals surface area contributed by atoms with Gasteiger partial charge in [-0.05, 0) is 18.6 Å². The summed E-state index contributed by atoms with van der Waals surface area (Å²) in [4.78, 5) is 18.7. The van der Waals surface area contributed by atoms with Gasteiger partial charge in [0.25, 0.3) is 5.91 Å². The van der Waals surface area contributed by atoms with E-state index >= 15 is 0 Å². The Balaban J connectivity index is 1.56. The lowest BCUT2D eigenvalue weighted by Gasteiger charge is -2.25. The predicted molar refractivity (Wildman–Crippen MR) is 82.9 cm³/mol. The average Bonchev–Trinajstić information content (AvgIpc) is 3.23. The van der Waals surface area contributed by atoms with Gasteiger partial charge in [-0.15, -0.1) is 0 Å². The van der Waals surface area contributed by atoms with Crippen LogP contribution in [0.15, 0.2) is 22.6 Å². The predicted octanol–water partition coefficient (Wildman–Crippen LogP) is 1.79. The smallest absolute Gasteiger partial charge is 0.261 e. The van der Waals surface area contributed by atoms with Crippen LogP contribution in [0, 0.1) is 0 Å². The van der Waals surface area contributed by atoms with E-state index in [1.54, 1.807) is 4.90 Å². The van der Waals surface area contributed by atoms with E-state index in [9.17, 15) is 15.0 Å².